The van der Waals surface area contributed by atoms with Crippen molar-refractivity contribution in [3.05, 3.63) is 95.6 Å². The minimum absolute atomic E-state index is 0.00905. The van der Waals surface area contributed by atoms with Crippen LogP contribution in [-0.2, 0) is 6.61 Å². The van der Waals surface area contributed by atoms with Crippen molar-refractivity contribution >= 4 is 0 Å². The van der Waals surface area contributed by atoms with Crippen LogP contribution in [-0.4, -0.2) is 6.61 Å². The molecular weight excluding hydrogens is 384 g/mol. The van der Waals surface area contributed by atoms with Crippen LogP contribution < -0.4 is 9.47 Å². The summed E-state index contributed by atoms with van der Waals surface area (Å²) in [7, 11) is 0. The number of hydrogen-bond acceptors (Lipinski definition) is 2. The summed E-state index contributed by atoms with van der Waals surface area (Å²) in [5, 5.41) is 0. The fraction of sp³-hybridized carbons (Fsp3) is 0.130. The maximum absolute atomic E-state index is 14.4. The lowest BCUT2D eigenvalue weighted by Crippen LogP contribution is -2.01. The maximum atomic E-state index is 14.4. The van der Waals surface area contributed by atoms with Crippen molar-refractivity contribution in [1.29, 1.82) is 0 Å². The number of halogens is 4. The number of rotatable bonds is 7. The molecule has 0 fully saturated rings. The average Bonchev–Trinajstić information content (AvgIpc) is 2.73. The zero-order valence-corrected chi connectivity index (χ0v) is 15.6. The summed E-state index contributed by atoms with van der Waals surface area (Å²) in [6.45, 7) is 4.97. The van der Waals surface area contributed by atoms with Gasteiger partial charge < -0.3 is 9.47 Å². The molecule has 0 amide bonds. The Morgan fingerprint density at radius 3 is 2.07 bits per heavy atom. The van der Waals surface area contributed by atoms with E-state index in [2.05, 4.69) is 6.58 Å². The van der Waals surface area contributed by atoms with Crippen LogP contribution in [0.4, 0.5) is 17.6 Å². The monoisotopic (exact) mass is 402 g/mol. The zero-order chi connectivity index (χ0) is 21.0. The van der Waals surface area contributed by atoms with Crippen molar-refractivity contribution in [2.75, 3.05) is 6.61 Å². The first kappa shape index (κ1) is 20.5. The smallest absolute Gasteiger partial charge is 0.201 e. The molecule has 3 aromatic carbocycles. The van der Waals surface area contributed by atoms with Crippen LogP contribution in [0.2, 0.25) is 0 Å². The molecule has 0 aliphatic heterocycles. The molecule has 3 rings (SSSR count). The molecule has 0 unspecified atom stereocenters. The molecule has 150 valence electrons. The van der Waals surface area contributed by atoms with Crippen molar-refractivity contribution in [2.45, 2.75) is 13.5 Å². The van der Waals surface area contributed by atoms with Crippen LogP contribution in [0.3, 0.4) is 0 Å². The van der Waals surface area contributed by atoms with E-state index in [1.54, 1.807) is 24.3 Å². The van der Waals surface area contributed by atoms with Gasteiger partial charge in [-0.1, -0.05) is 43.0 Å². The van der Waals surface area contributed by atoms with Crippen LogP contribution in [0.5, 0.6) is 11.5 Å². The van der Waals surface area contributed by atoms with Crippen LogP contribution >= 0.6 is 0 Å². The predicted molar refractivity (Wildman–Crippen MR) is 103 cm³/mol. The highest BCUT2D eigenvalue weighted by Crippen LogP contribution is 2.30. The van der Waals surface area contributed by atoms with Gasteiger partial charge in [-0.3, -0.25) is 0 Å². The quantitative estimate of drug-likeness (QED) is 0.338. The summed E-state index contributed by atoms with van der Waals surface area (Å²) >= 11 is 0. The Morgan fingerprint density at radius 1 is 0.759 bits per heavy atom. The Bertz CT molecular complexity index is 1030. The van der Waals surface area contributed by atoms with Gasteiger partial charge in [0.25, 0.3) is 0 Å². The van der Waals surface area contributed by atoms with Crippen molar-refractivity contribution in [3.8, 4) is 22.6 Å². The number of ether oxygens (including phenoxy) is 2. The lowest BCUT2D eigenvalue weighted by Gasteiger charge is -2.11. The second-order valence-corrected chi connectivity index (χ2v) is 6.33. The minimum atomic E-state index is -1.08. The molecule has 2 nitrogen and oxygen atoms in total. The zero-order valence-electron chi connectivity index (χ0n) is 15.6. The standard InChI is InChI=1S/C23H18F4O2/c1-3-12-28-18-11-9-17(21(25)23(18)27)16-7-5-15(6-8-16)13-29-19-10-4-14(2)20(24)22(19)26/h3-11H,1,12-13H2,2H3. The molecule has 0 saturated heterocycles. The van der Waals surface area contributed by atoms with E-state index in [9.17, 15) is 17.6 Å². The van der Waals surface area contributed by atoms with Crippen LogP contribution in [0.1, 0.15) is 11.1 Å². The van der Waals surface area contributed by atoms with Crippen LogP contribution in [0, 0.1) is 30.2 Å². The van der Waals surface area contributed by atoms with Crippen LogP contribution in [0.25, 0.3) is 11.1 Å². The van der Waals surface area contributed by atoms with Crippen LogP contribution in [0.15, 0.2) is 61.2 Å². The molecule has 0 saturated carbocycles. The summed E-state index contributed by atoms with van der Waals surface area (Å²) in [4.78, 5) is 0. The molecule has 0 atom stereocenters. The molecule has 0 heterocycles. The van der Waals surface area contributed by atoms with E-state index in [0.29, 0.717) is 11.1 Å². The van der Waals surface area contributed by atoms with Gasteiger partial charge in [0.1, 0.15) is 13.2 Å². The van der Waals surface area contributed by atoms with E-state index in [-0.39, 0.29) is 35.8 Å². The SMILES string of the molecule is C=CCOc1ccc(-c2ccc(COc3ccc(C)c(F)c3F)cc2)c(F)c1F. The van der Waals surface area contributed by atoms with Gasteiger partial charge in [-0.25, -0.2) is 8.78 Å². The topological polar surface area (TPSA) is 18.5 Å². The van der Waals surface area contributed by atoms with Crippen molar-refractivity contribution in [2.24, 2.45) is 0 Å². The fourth-order valence-electron chi connectivity index (χ4n) is 2.70. The highest BCUT2D eigenvalue weighted by molar-refractivity contribution is 5.65. The molecule has 0 aliphatic carbocycles. The summed E-state index contributed by atoms with van der Waals surface area (Å²) in [6, 6.07) is 12.0. The number of aryl methyl sites for hydroxylation is 1. The van der Waals surface area contributed by atoms with Gasteiger partial charge in [-0.05, 0) is 41.8 Å². The normalized spacial score (nSPS) is 10.7. The van der Waals surface area contributed by atoms with Gasteiger partial charge in [0, 0.05) is 5.56 Å². The molecule has 0 spiro atoms. The molecule has 0 bridgehead atoms. The molecule has 0 N–H and O–H groups in total. The molecule has 6 heteroatoms. The van der Waals surface area contributed by atoms with E-state index >= 15 is 0 Å². The third kappa shape index (κ3) is 4.42. The molecule has 0 radical (unpaired) electrons. The van der Waals surface area contributed by atoms with E-state index < -0.39 is 23.3 Å². The summed E-state index contributed by atoms with van der Waals surface area (Å²) in [6.07, 6.45) is 1.43. The lowest BCUT2D eigenvalue weighted by atomic mass is 10.0. The molecular formula is C23H18F4O2. The highest BCUT2D eigenvalue weighted by Gasteiger charge is 2.16. The minimum Gasteiger partial charge on any atom is -0.486 e. The first-order valence-corrected chi connectivity index (χ1v) is 8.80. The second-order valence-electron chi connectivity index (χ2n) is 6.33. The Kier molecular flexibility index (Phi) is 6.22. The summed E-state index contributed by atoms with van der Waals surface area (Å²) in [5.74, 6) is -4.47. The highest BCUT2D eigenvalue weighted by atomic mass is 19.2. The van der Waals surface area contributed by atoms with E-state index in [1.165, 1.54) is 37.3 Å². The maximum Gasteiger partial charge on any atom is 0.201 e. The summed E-state index contributed by atoms with van der Waals surface area (Å²) in [5.41, 5.74) is 1.37. The predicted octanol–water partition coefficient (Wildman–Crippen LogP) is 6.36. The Morgan fingerprint density at radius 2 is 1.38 bits per heavy atom. The Labute approximate surface area is 166 Å². The van der Waals surface area contributed by atoms with Gasteiger partial charge in [0.05, 0.1) is 0 Å². The number of hydrogen-bond donors (Lipinski definition) is 0. The lowest BCUT2D eigenvalue weighted by molar-refractivity contribution is 0.284. The first-order valence-electron chi connectivity index (χ1n) is 8.80. The summed E-state index contributed by atoms with van der Waals surface area (Å²) < 4.78 is 66.4. The van der Waals surface area contributed by atoms with Crippen molar-refractivity contribution in [1.82, 2.24) is 0 Å². The Balaban J connectivity index is 1.74. The molecule has 29 heavy (non-hydrogen) atoms. The second kappa shape index (κ2) is 8.82. The molecule has 0 aromatic heterocycles. The fourth-order valence-corrected chi connectivity index (χ4v) is 2.70. The van der Waals surface area contributed by atoms with Gasteiger partial charge in [-0.2, -0.15) is 8.78 Å². The molecule has 0 aliphatic rings. The average molecular weight is 402 g/mol. The Hall–Kier alpha value is -3.28. The van der Waals surface area contributed by atoms with E-state index in [1.807, 2.05) is 0 Å². The third-order valence-corrected chi connectivity index (χ3v) is 4.30. The number of benzene rings is 3. The van der Waals surface area contributed by atoms with Gasteiger partial charge in [-0.15, -0.1) is 0 Å². The van der Waals surface area contributed by atoms with Crippen molar-refractivity contribution in [3.63, 3.8) is 0 Å². The van der Waals surface area contributed by atoms with Gasteiger partial charge in [0.15, 0.2) is 23.1 Å². The first-order chi connectivity index (χ1) is 13.9. The third-order valence-electron chi connectivity index (χ3n) is 4.30. The van der Waals surface area contributed by atoms with E-state index in [0.717, 1.165) is 0 Å². The van der Waals surface area contributed by atoms with Gasteiger partial charge >= 0.3 is 0 Å². The van der Waals surface area contributed by atoms with Crippen molar-refractivity contribution < 1.29 is 27.0 Å². The largest absolute Gasteiger partial charge is 0.486 e. The van der Waals surface area contributed by atoms with E-state index in [4.69, 9.17) is 9.47 Å². The van der Waals surface area contributed by atoms with Gasteiger partial charge in [0.2, 0.25) is 11.6 Å². The molecule has 3 aromatic rings.